The van der Waals surface area contributed by atoms with Gasteiger partial charge in [-0.05, 0) is 67.9 Å². The van der Waals surface area contributed by atoms with E-state index in [9.17, 15) is 4.79 Å². The number of hydrogen-bond donors (Lipinski definition) is 1. The molecule has 1 aromatic carbocycles. The number of hydrogen-bond acceptors (Lipinski definition) is 5. The van der Waals surface area contributed by atoms with Gasteiger partial charge in [0.05, 0.1) is 17.9 Å². The van der Waals surface area contributed by atoms with Crippen LogP contribution in [0.3, 0.4) is 0 Å². The maximum absolute atomic E-state index is 12.9. The fourth-order valence-electron chi connectivity index (χ4n) is 3.55. The number of aromatic nitrogens is 2. The average Bonchev–Trinajstić information content (AvgIpc) is 2.77. The standard InChI is InChI=1S/C23H24N4O2/c28-23(22-8-2-4-15-27(22)17-19-6-1-3-14-25-19)26-18-9-11-20(12-10-18)29-21-7-5-13-24-16-21/h1,3,5-7,9-14,16,22H,2,4,8,15,17H2,(H,26,28)/t22-/m1/s1. The normalized spacial score (nSPS) is 16.9. The Morgan fingerprint density at radius 2 is 1.93 bits per heavy atom. The Morgan fingerprint density at radius 3 is 2.69 bits per heavy atom. The summed E-state index contributed by atoms with van der Waals surface area (Å²) in [6.45, 7) is 1.60. The first-order chi connectivity index (χ1) is 14.3. The zero-order chi connectivity index (χ0) is 19.9. The van der Waals surface area contributed by atoms with Crippen LogP contribution in [0.5, 0.6) is 11.5 Å². The van der Waals surface area contributed by atoms with Crippen molar-refractivity contribution >= 4 is 11.6 Å². The molecule has 0 saturated carbocycles. The first kappa shape index (κ1) is 19.1. The molecule has 6 nitrogen and oxygen atoms in total. The molecule has 0 spiro atoms. The van der Waals surface area contributed by atoms with Gasteiger partial charge < -0.3 is 10.1 Å². The molecule has 148 valence electrons. The van der Waals surface area contributed by atoms with Gasteiger partial charge in [0.25, 0.3) is 0 Å². The van der Waals surface area contributed by atoms with Crippen molar-refractivity contribution in [2.24, 2.45) is 0 Å². The van der Waals surface area contributed by atoms with Crippen LogP contribution in [0.1, 0.15) is 25.0 Å². The largest absolute Gasteiger partial charge is 0.456 e. The Hall–Kier alpha value is -3.25. The average molecular weight is 388 g/mol. The number of likely N-dealkylation sites (tertiary alicyclic amines) is 1. The molecule has 1 amide bonds. The van der Waals surface area contributed by atoms with Crippen molar-refractivity contribution in [1.29, 1.82) is 0 Å². The van der Waals surface area contributed by atoms with Crippen LogP contribution in [-0.2, 0) is 11.3 Å². The van der Waals surface area contributed by atoms with E-state index in [1.165, 1.54) is 0 Å². The van der Waals surface area contributed by atoms with Gasteiger partial charge >= 0.3 is 0 Å². The van der Waals surface area contributed by atoms with Crippen LogP contribution < -0.4 is 10.1 Å². The van der Waals surface area contributed by atoms with E-state index in [4.69, 9.17) is 4.74 Å². The number of piperidine rings is 1. The summed E-state index contributed by atoms with van der Waals surface area (Å²) < 4.78 is 5.75. The molecule has 4 rings (SSSR count). The number of rotatable bonds is 6. The number of carbonyl (C=O) groups is 1. The molecule has 0 radical (unpaired) electrons. The number of pyridine rings is 2. The SMILES string of the molecule is O=C(Nc1ccc(Oc2cccnc2)cc1)[C@H]1CCCCN1Cc1ccccn1. The van der Waals surface area contributed by atoms with Crippen LogP contribution in [0.15, 0.2) is 73.2 Å². The molecule has 0 aliphatic carbocycles. The molecule has 0 unspecified atom stereocenters. The van der Waals surface area contributed by atoms with Gasteiger partial charge in [0.1, 0.15) is 11.5 Å². The second-order valence-corrected chi connectivity index (χ2v) is 7.11. The molecule has 29 heavy (non-hydrogen) atoms. The molecule has 2 aromatic heterocycles. The lowest BCUT2D eigenvalue weighted by atomic mass is 10.0. The number of nitrogens with one attached hydrogen (secondary N) is 1. The Morgan fingerprint density at radius 1 is 1.03 bits per heavy atom. The third kappa shape index (κ3) is 5.18. The Labute approximate surface area is 170 Å². The van der Waals surface area contributed by atoms with Gasteiger partial charge in [-0.1, -0.05) is 12.5 Å². The lowest BCUT2D eigenvalue weighted by Crippen LogP contribution is -2.46. The molecule has 1 aliphatic heterocycles. The van der Waals surface area contributed by atoms with Crippen LogP contribution >= 0.6 is 0 Å². The Bertz CT molecular complexity index is 917. The van der Waals surface area contributed by atoms with Crippen LogP contribution in [0.4, 0.5) is 5.69 Å². The smallest absolute Gasteiger partial charge is 0.241 e. The number of amides is 1. The predicted molar refractivity (Wildman–Crippen MR) is 112 cm³/mol. The highest BCUT2D eigenvalue weighted by Gasteiger charge is 2.28. The summed E-state index contributed by atoms with van der Waals surface area (Å²) in [7, 11) is 0. The van der Waals surface area contributed by atoms with Crippen molar-refractivity contribution in [3.63, 3.8) is 0 Å². The molecule has 3 heterocycles. The highest BCUT2D eigenvalue weighted by Crippen LogP contribution is 2.24. The zero-order valence-corrected chi connectivity index (χ0v) is 16.2. The molecule has 6 heteroatoms. The van der Waals surface area contributed by atoms with Gasteiger partial charge in [0.15, 0.2) is 0 Å². The fourth-order valence-corrected chi connectivity index (χ4v) is 3.55. The van der Waals surface area contributed by atoms with Crippen LogP contribution in [0, 0.1) is 0 Å². The molecular weight excluding hydrogens is 364 g/mol. The topological polar surface area (TPSA) is 67.3 Å². The number of nitrogens with zero attached hydrogens (tertiary/aromatic N) is 3. The van der Waals surface area contributed by atoms with E-state index in [2.05, 4.69) is 20.2 Å². The van der Waals surface area contributed by atoms with Crippen molar-refractivity contribution in [1.82, 2.24) is 14.9 Å². The molecule has 1 saturated heterocycles. The van der Waals surface area contributed by atoms with E-state index in [1.807, 2.05) is 54.6 Å². The predicted octanol–water partition coefficient (Wildman–Crippen LogP) is 4.26. The van der Waals surface area contributed by atoms with E-state index in [0.717, 1.165) is 37.2 Å². The quantitative estimate of drug-likeness (QED) is 0.683. The van der Waals surface area contributed by atoms with Crippen molar-refractivity contribution < 1.29 is 9.53 Å². The van der Waals surface area contributed by atoms with E-state index in [-0.39, 0.29) is 11.9 Å². The zero-order valence-electron chi connectivity index (χ0n) is 16.2. The van der Waals surface area contributed by atoms with E-state index in [1.54, 1.807) is 18.6 Å². The van der Waals surface area contributed by atoms with Crippen LogP contribution in [-0.4, -0.2) is 33.4 Å². The second-order valence-electron chi connectivity index (χ2n) is 7.11. The first-order valence-corrected chi connectivity index (χ1v) is 9.91. The second kappa shape index (κ2) is 9.30. The maximum Gasteiger partial charge on any atom is 0.241 e. The molecule has 0 bridgehead atoms. The Balaban J connectivity index is 1.38. The number of carbonyl (C=O) groups excluding carboxylic acids is 1. The van der Waals surface area contributed by atoms with Gasteiger partial charge in [-0.3, -0.25) is 19.7 Å². The number of anilines is 1. The molecule has 1 fully saturated rings. The first-order valence-electron chi connectivity index (χ1n) is 9.91. The van der Waals surface area contributed by atoms with Crippen molar-refractivity contribution in [2.75, 3.05) is 11.9 Å². The van der Waals surface area contributed by atoms with Gasteiger partial charge in [-0.15, -0.1) is 0 Å². The molecule has 1 aliphatic rings. The van der Waals surface area contributed by atoms with Crippen molar-refractivity contribution in [3.05, 3.63) is 78.9 Å². The molecule has 3 aromatic rings. The third-order valence-electron chi connectivity index (χ3n) is 5.00. The van der Waals surface area contributed by atoms with E-state index >= 15 is 0 Å². The minimum Gasteiger partial charge on any atom is -0.456 e. The molecular formula is C23H24N4O2. The highest BCUT2D eigenvalue weighted by molar-refractivity contribution is 5.94. The van der Waals surface area contributed by atoms with Gasteiger partial charge in [0.2, 0.25) is 5.91 Å². The summed E-state index contributed by atoms with van der Waals surface area (Å²) in [6, 6.07) is 16.8. The lowest BCUT2D eigenvalue weighted by molar-refractivity contribution is -0.122. The van der Waals surface area contributed by atoms with Gasteiger partial charge in [-0.2, -0.15) is 0 Å². The van der Waals surface area contributed by atoms with Gasteiger partial charge in [0, 0.05) is 24.6 Å². The molecule has 1 N–H and O–H groups in total. The minimum atomic E-state index is -0.142. The summed E-state index contributed by atoms with van der Waals surface area (Å²) in [5, 5.41) is 3.05. The third-order valence-corrected chi connectivity index (χ3v) is 5.00. The van der Waals surface area contributed by atoms with E-state index in [0.29, 0.717) is 18.0 Å². The minimum absolute atomic E-state index is 0.0292. The maximum atomic E-state index is 12.9. The summed E-state index contributed by atoms with van der Waals surface area (Å²) in [6.07, 6.45) is 8.19. The summed E-state index contributed by atoms with van der Waals surface area (Å²) >= 11 is 0. The summed E-state index contributed by atoms with van der Waals surface area (Å²) in [5.74, 6) is 1.41. The fraction of sp³-hybridized carbons (Fsp3) is 0.261. The van der Waals surface area contributed by atoms with E-state index < -0.39 is 0 Å². The Kier molecular flexibility index (Phi) is 6.12. The summed E-state index contributed by atoms with van der Waals surface area (Å²) in [4.78, 5) is 23.6. The highest BCUT2D eigenvalue weighted by atomic mass is 16.5. The number of ether oxygens (including phenoxy) is 1. The number of benzene rings is 1. The van der Waals surface area contributed by atoms with Crippen LogP contribution in [0.25, 0.3) is 0 Å². The van der Waals surface area contributed by atoms with Crippen LogP contribution in [0.2, 0.25) is 0 Å². The van der Waals surface area contributed by atoms with Crippen molar-refractivity contribution in [3.8, 4) is 11.5 Å². The summed E-state index contributed by atoms with van der Waals surface area (Å²) in [5.41, 5.74) is 1.75. The lowest BCUT2D eigenvalue weighted by Gasteiger charge is -2.34. The molecule has 1 atom stereocenters. The monoisotopic (exact) mass is 388 g/mol. The van der Waals surface area contributed by atoms with Crippen molar-refractivity contribution in [2.45, 2.75) is 31.8 Å². The van der Waals surface area contributed by atoms with Gasteiger partial charge in [-0.25, -0.2) is 0 Å².